The molecule has 1 aliphatic heterocycles. The molecule has 0 radical (unpaired) electrons. The van der Waals surface area contributed by atoms with Gasteiger partial charge in [-0.15, -0.1) is 13.2 Å². The molecule has 0 aromatic heterocycles. The lowest BCUT2D eigenvalue weighted by Crippen LogP contribution is -2.38. The van der Waals surface area contributed by atoms with Crippen LogP contribution in [0.5, 0.6) is 17.2 Å². The zero-order valence-electron chi connectivity index (χ0n) is 21.8. The van der Waals surface area contributed by atoms with Crippen molar-refractivity contribution in [3.63, 3.8) is 0 Å². The van der Waals surface area contributed by atoms with Gasteiger partial charge in [-0.3, -0.25) is 9.59 Å². The van der Waals surface area contributed by atoms with Gasteiger partial charge in [0.15, 0.2) is 0 Å². The molecule has 1 aliphatic carbocycles. The topological polar surface area (TPSA) is 97.3 Å². The smallest absolute Gasteiger partial charge is 0.497 e. The van der Waals surface area contributed by atoms with E-state index >= 15 is 0 Å². The number of carboxylic acids is 1. The number of carboxylic acid groups (broad SMARTS) is 1. The van der Waals surface area contributed by atoms with Crippen LogP contribution >= 0.6 is 11.6 Å². The Balaban J connectivity index is 1.49. The van der Waals surface area contributed by atoms with Crippen LogP contribution in [0, 0.1) is 0 Å². The van der Waals surface area contributed by atoms with Crippen molar-refractivity contribution in [3.8, 4) is 17.2 Å². The summed E-state index contributed by atoms with van der Waals surface area (Å²) in [5.74, 6) is -1.08. The van der Waals surface area contributed by atoms with Gasteiger partial charge in [-0.1, -0.05) is 29.8 Å². The van der Waals surface area contributed by atoms with E-state index in [0.29, 0.717) is 40.0 Å². The summed E-state index contributed by atoms with van der Waals surface area (Å²) >= 11 is 6.10. The first-order valence-corrected chi connectivity index (χ1v) is 13.1. The van der Waals surface area contributed by atoms with Crippen molar-refractivity contribution in [2.24, 2.45) is 0 Å². The van der Waals surface area contributed by atoms with Crippen LogP contribution in [-0.2, 0) is 15.0 Å². The predicted octanol–water partition coefficient (Wildman–Crippen LogP) is 6.33. The Kier molecular flexibility index (Phi) is 7.65. The summed E-state index contributed by atoms with van der Waals surface area (Å²) in [7, 11) is 1.46. The molecule has 8 nitrogen and oxygen atoms in total. The highest BCUT2D eigenvalue weighted by atomic mass is 35.5. The fourth-order valence-corrected chi connectivity index (χ4v) is 5.13. The molecule has 1 fully saturated rings. The first-order valence-electron chi connectivity index (χ1n) is 12.7. The van der Waals surface area contributed by atoms with Crippen molar-refractivity contribution in [1.29, 1.82) is 0 Å². The van der Waals surface area contributed by atoms with Gasteiger partial charge in [-0.2, -0.15) is 0 Å². The van der Waals surface area contributed by atoms with E-state index in [0.717, 1.165) is 18.4 Å². The molecule has 2 aliphatic rings. The lowest BCUT2D eigenvalue weighted by molar-refractivity contribution is -0.274. The van der Waals surface area contributed by atoms with E-state index in [-0.39, 0.29) is 18.4 Å². The van der Waals surface area contributed by atoms with Gasteiger partial charge >= 0.3 is 12.3 Å². The third kappa shape index (κ3) is 6.45. The number of rotatable bonds is 10. The number of alkyl halides is 3. The van der Waals surface area contributed by atoms with Gasteiger partial charge in [0, 0.05) is 46.9 Å². The number of benzene rings is 3. The summed E-state index contributed by atoms with van der Waals surface area (Å²) in [4.78, 5) is 26.6. The molecule has 1 saturated carbocycles. The van der Waals surface area contributed by atoms with Crippen molar-refractivity contribution in [1.82, 2.24) is 0 Å². The minimum atomic E-state index is -4.87. The van der Waals surface area contributed by atoms with E-state index < -0.39 is 30.0 Å². The third-order valence-electron chi connectivity index (χ3n) is 7.11. The fraction of sp³-hybridized carbons (Fsp3) is 0.310. The molecule has 5 rings (SSSR count). The van der Waals surface area contributed by atoms with E-state index in [2.05, 4.69) is 10.1 Å². The number of hydrogen-bond acceptors (Lipinski definition) is 6. The number of hydrogen-bond donors (Lipinski definition) is 2. The van der Waals surface area contributed by atoms with Crippen LogP contribution in [0.3, 0.4) is 0 Å². The number of fused-ring (bicyclic) bond motifs is 2. The number of nitrogens with zero attached hydrogens (tertiary/aromatic N) is 1. The van der Waals surface area contributed by atoms with Crippen LogP contribution in [0.4, 0.5) is 24.5 Å². The molecule has 0 saturated heterocycles. The average molecular weight is 591 g/mol. The summed E-state index contributed by atoms with van der Waals surface area (Å²) in [5, 5.41) is 12.6. The Morgan fingerprint density at radius 3 is 2.39 bits per heavy atom. The molecular formula is C29H26ClF3N2O6. The molecule has 0 bridgehead atoms. The average Bonchev–Trinajstić information content (AvgIpc) is 3.62. The molecule has 2 N–H and O–H groups in total. The normalized spacial score (nSPS) is 15.7. The van der Waals surface area contributed by atoms with Gasteiger partial charge in [0.1, 0.15) is 23.3 Å². The van der Waals surface area contributed by atoms with Crippen LogP contribution in [-0.4, -0.2) is 43.6 Å². The van der Waals surface area contributed by atoms with Crippen molar-refractivity contribution in [2.75, 3.05) is 30.5 Å². The third-order valence-corrected chi connectivity index (χ3v) is 7.36. The number of anilines is 2. The molecule has 3 aromatic rings. The number of aliphatic carboxylic acids is 1. The summed E-state index contributed by atoms with van der Waals surface area (Å²) < 4.78 is 54.0. The van der Waals surface area contributed by atoms with Gasteiger partial charge in [-0.25, -0.2) is 0 Å². The first kappa shape index (κ1) is 28.4. The Morgan fingerprint density at radius 1 is 1.05 bits per heavy atom. The van der Waals surface area contributed by atoms with Crippen molar-refractivity contribution in [3.05, 3.63) is 76.8 Å². The first-order chi connectivity index (χ1) is 19.5. The van der Waals surface area contributed by atoms with Crippen LogP contribution in [0.15, 0.2) is 60.7 Å². The number of nitrogens with one attached hydrogen (secondary N) is 1. The number of carbonyl (C=O) groups excluding carboxylic acids is 1. The molecule has 41 heavy (non-hydrogen) atoms. The molecule has 12 heteroatoms. The van der Waals surface area contributed by atoms with Crippen LogP contribution < -0.4 is 24.4 Å². The summed E-state index contributed by atoms with van der Waals surface area (Å²) in [5.41, 5.74) is 1.89. The van der Waals surface area contributed by atoms with Gasteiger partial charge < -0.3 is 29.5 Å². The van der Waals surface area contributed by atoms with E-state index in [9.17, 15) is 22.8 Å². The van der Waals surface area contributed by atoms with E-state index in [4.69, 9.17) is 26.2 Å². The fourth-order valence-electron chi connectivity index (χ4n) is 5.01. The minimum Gasteiger partial charge on any atom is -0.497 e. The Labute approximate surface area is 238 Å². The summed E-state index contributed by atoms with van der Waals surface area (Å²) in [6, 6.07) is 14.7. The molecule has 1 amide bonds. The molecule has 1 heterocycles. The monoisotopic (exact) mass is 590 g/mol. The predicted molar refractivity (Wildman–Crippen MR) is 145 cm³/mol. The highest BCUT2D eigenvalue weighted by molar-refractivity contribution is 6.30. The van der Waals surface area contributed by atoms with Gasteiger partial charge in [0.2, 0.25) is 0 Å². The second-order valence-corrected chi connectivity index (χ2v) is 10.4. The van der Waals surface area contributed by atoms with Gasteiger partial charge in [0.25, 0.3) is 5.91 Å². The van der Waals surface area contributed by atoms with Gasteiger partial charge in [-0.05, 0) is 42.2 Å². The second-order valence-electron chi connectivity index (χ2n) is 9.95. The molecule has 216 valence electrons. The molecular weight excluding hydrogens is 565 g/mol. The number of amides is 1. The van der Waals surface area contributed by atoms with E-state index in [1.54, 1.807) is 48.5 Å². The van der Waals surface area contributed by atoms with E-state index in [1.807, 2.05) is 0 Å². The molecule has 3 aromatic carbocycles. The highest BCUT2D eigenvalue weighted by Crippen LogP contribution is 2.57. The standard InChI is InChI=1S/C29H26ClF3N2O6/c1-39-21-12-19(13-22(14-21)40-11-8-25(36)37)34-26(17-2-4-18(30)5-3-17)27(38)35-16-28(9-10-28)23-7-6-20(15-24(23)35)41-29(31,32)33/h2-7,12-15,26,34H,8-11,16H2,1H3,(H,36,37). The van der Waals surface area contributed by atoms with Crippen LogP contribution in [0.1, 0.15) is 36.4 Å². The number of halogens is 4. The summed E-state index contributed by atoms with van der Waals surface area (Å²) in [6.45, 7) is 0.251. The molecule has 1 atom stereocenters. The zero-order valence-corrected chi connectivity index (χ0v) is 22.6. The van der Waals surface area contributed by atoms with Gasteiger partial charge in [0.05, 0.1) is 25.8 Å². The zero-order chi connectivity index (χ0) is 29.4. The lowest BCUT2D eigenvalue weighted by Gasteiger charge is -2.27. The SMILES string of the molecule is COc1cc(NC(C(=O)N2CC3(CC3)c3ccc(OC(F)(F)F)cc32)c2ccc(Cl)cc2)cc(OCCC(=O)O)c1. The van der Waals surface area contributed by atoms with Crippen LogP contribution in [0.2, 0.25) is 5.02 Å². The number of ether oxygens (including phenoxy) is 3. The Morgan fingerprint density at radius 2 is 1.76 bits per heavy atom. The Hall–Kier alpha value is -4.12. The highest BCUT2D eigenvalue weighted by Gasteiger charge is 2.54. The van der Waals surface area contributed by atoms with Crippen LogP contribution in [0.25, 0.3) is 0 Å². The van der Waals surface area contributed by atoms with Crippen molar-refractivity contribution >= 4 is 34.9 Å². The lowest BCUT2D eigenvalue weighted by atomic mass is 9.99. The molecule has 1 unspecified atom stereocenters. The maximum absolute atomic E-state index is 14.2. The largest absolute Gasteiger partial charge is 0.573 e. The summed E-state index contributed by atoms with van der Waals surface area (Å²) in [6.07, 6.45) is -3.45. The molecule has 1 spiro atoms. The number of methoxy groups -OCH3 is 1. The number of carbonyl (C=O) groups is 2. The second kappa shape index (κ2) is 11.0. The van der Waals surface area contributed by atoms with Crippen molar-refractivity contribution in [2.45, 2.75) is 37.1 Å². The Bertz CT molecular complexity index is 1460. The quantitative estimate of drug-likeness (QED) is 0.285. The van der Waals surface area contributed by atoms with E-state index in [1.165, 1.54) is 24.1 Å². The van der Waals surface area contributed by atoms with Crippen molar-refractivity contribution < 1.29 is 42.1 Å². The minimum absolute atomic E-state index is 0.0730. The maximum atomic E-state index is 14.2. The maximum Gasteiger partial charge on any atom is 0.573 e.